The van der Waals surface area contributed by atoms with Gasteiger partial charge >= 0.3 is 0 Å². The minimum atomic E-state index is 0.250. The Hall–Kier alpha value is -1.02. The largest absolute Gasteiger partial charge is 0.492 e. The standard InChI is InChI=1S/C17H29NO/c1-6-17(4,5)15-9-11-16(12-10-15)19-14-13-18(7-2)8-3/h9-12H,6-8,13-14H2,1-5H3. The van der Waals surface area contributed by atoms with E-state index in [1.54, 1.807) is 0 Å². The van der Waals surface area contributed by atoms with Crippen LogP contribution in [0.15, 0.2) is 24.3 Å². The molecule has 0 unspecified atom stereocenters. The van der Waals surface area contributed by atoms with Gasteiger partial charge in [0, 0.05) is 6.54 Å². The Labute approximate surface area is 118 Å². The smallest absolute Gasteiger partial charge is 0.119 e. The third-order valence-corrected chi connectivity index (χ3v) is 4.09. The van der Waals surface area contributed by atoms with Crippen LogP contribution in [0.3, 0.4) is 0 Å². The van der Waals surface area contributed by atoms with Crippen molar-refractivity contribution in [2.45, 2.75) is 46.5 Å². The van der Waals surface area contributed by atoms with Crippen LogP contribution in [-0.4, -0.2) is 31.1 Å². The third-order valence-electron chi connectivity index (χ3n) is 4.09. The van der Waals surface area contributed by atoms with E-state index in [-0.39, 0.29) is 5.41 Å². The summed E-state index contributed by atoms with van der Waals surface area (Å²) >= 11 is 0. The SMILES string of the molecule is CCN(CC)CCOc1ccc(C(C)(C)CC)cc1. The number of benzene rings is 1. The topological polar surface area (TPSA) is 12.5 Å². The Morgan fingerprint density at radius 3 is 2.05 bits per heavy atom. The van der Waals surface area contributed by atoms with Gasteiger partial charge in [0.05, 0.1) is 0 Å². The molecular formula is C17H29NO. The van der Waals surface area contributed by atoms with E-state index in [9.17, 15) is 0 Å². The molecule has 1 aromatic rings. The van der Waals surface area contributed by atoms with Gasteiger partial charge in [0.1, 0.15) is 12.4 Å². The van der Waals surface area contributed by atoms with Gasteiger partial charge in [-0.05, 0) is 42.6 Å². The maximum atomic E-state index is 5.80. The van der Waals surface area contributed by atoms with E-state index in [1.807, 2.05) is 0 Å². The predicted octanol–water partition coefficient (Wildman–Crippen LogP) is 4.09. The molecule has 0 spiro atoms. The third kappa shape index (κ3) is 4.87. The number of ether oxygens (including phenoxy) is 1. The molecule has 0 atom stereocenters. The quantitative estimate of drug-likeness (QED) is 0.700. The first kappa shape index (κ1) is 16.0. The van der Waals surface area contributed by atoms with Crippen molar-refractivity contribution < 1.29 is 4.74 Å². The first-order valence-corrected chi connectivity index (χ1v) is 7.49. The zero-order valence-electron chi connectivity index (χ0n) is 13.2. The van der Waals surface area contributed by atoms with E-state index in [0.29, 0.717) is 0 Å². The second-order valence-electron chi connectivity index (χ2n) is 5.64. The van der Waals surface area contributed by atoms with Crippen LogP contribution >= 0.6 is 0 Å². The molecule has 0 heterocycles. The molecule has 108 valence electrons. The van der Waals surface area contributed by atoms with Gasteiger partial charge in [-0.15, -0.1) is 0 Å². The number of rotatable bonds is 8. The molecule has 1 aromatic carbocycles. The average Bonchev–Trinajstić information content (AvgIpc) is 2.44. The molecule has 0 aliphatic rings. The van der Waals surface area contributed by atoms with Gasteiger partial charge in [-0.25, -0.2) is 0 Å². The Kier molecular flexibility index (Phi) is 6.36. The monoisotopic (exact) mass is 263 g/mol. The van der Waals surface area contributed by atoms with E-state index < -0.39 is 0 Å². The van der Waals surface area contributed by atoms with E-state index >= 15 is 0 Å². The molecule has 0 aliphatic carbocycles. The van der Waals surface area contributed by atoms with Gasteiger partial charge in [-0.1, -0.05) is 46.8 Å². The van der Waals surface area contributed by atoms with Crippen LogP contribution in [0.1, 0.15) is 46.6 Å². The fourth-order valence-electron chi connectivity index (χ4n) is 2.04. The second-order valence-corrected chi connectivity index (χ2v) is 5.64. The first-order valence-electron chi connectivity index (χ1n) is 7.49. The van der Waals surface area contributed by atoms with Gasteiger partial charge in [-0.3, -0.25) is 0 Å². The number of hydrogen-bond donors (Lipinski definition) is 0. The van der Waals surface area contributed by atoms with E-state index in [1.165, 1.54) is 5.56 Å². The maximum Gasteiger partial charge on any atom is 0.119 e. The lowest BCUT2D eigenvalue weighted by Gasteiger charge is -2.23. The van der Waals surface area contributed by atoms with E-state index in [0.717, 1.165) is 38.4 Å². The molecule has 0 amide bonds. The molecule has 0 fully saturated rings. The molecule has 0 aromatic heterocycles. The number of nitrogens with zero attached hydrogens (tertiary/aromatic N) is 1. The predicted molar refractivity (Wildman–Crippen MR) is 83.0 cm³/mol. The lowest BCUT2D eigenvalue weighted by molar-refractivity contribution is 0.222. The van der Waals surface area contributed by atoms with Gasteiger partial charge in [-0.2, -0.15) is 0 Å². The molecule has 0 radical (unpaired) electrons. The molecule has 0 saturated heterocycles. The van der Waals surface area contributed by atoms with Crippen LogP contribution in [0, 0.1) is 0 Å². The van der Waals surface area contributed by atoms with Crippen LogP contribution in [0.25, 0.3) is 0 Å². The molecule has 0 bridgehead atoms. The van der Waals surface area contributed by atoms with Gasteiger partial charge in [0.2, 0.25) is 0 Å². The fraction of sp³-hybridized carbons (Fsp3) is 0.647. The summed E-state index contributed by atoms with van der Waals surface area (Å²) in [6.45, 7) is 15.1. The molecule has 2 heteroatoms. The minimum absolute atomic E-state index is 0.250. The Balaban J connectivity index is 2.49. The van der Waals surface area contributed by atoms with Crippen molar-refractivity contribution in [1.82, 2.24) is 4.90 Å². The summed E-state index contributed by atoms with van der Waals surface area (Å²) in [6, 6.07) is 8.57. The summed E-state index contributed by atoms with van der Waals surface area (Å²) < 4.78 is 5.80. The first-order chi connectivity index (χ1) is 9.03. The fourth-order valence-corrected chi connectivity index (χ4v) is 2.04. The highest BCUT2D eigenvalue weighted by Gasteiger charge is 2.17. The highest BCUT2D eigenvalue weighted by molar-refractivity contribution is 5.31. The van der Waals surface area contributed by atoms with Gasteiger partial charge in [0.15, 0.2) is 0 Å². The molecule has 1 rings (SSSR count). The van der Waals surface area contributed by atoms with Crippen LogP contribution in [0.2, 0.25) is 0 Å². The van der Waals surface area contributed by atoms with Crippen molar-refractivity contribution in [1.29, 1.82) is 0 Å². The zero-order valence-corrected chi connectivity index (χ0v) is 13.2. The molecule has 0 N–H and O–H groups in total. The van der Waals surface area contributed by atoms with Crippen LogP contribution in [-0.2, 0) is 5.41 Å². The zero-order chi connectivity index (χ0) is 14.3. The lowest BCUT2D eigenvalue weighted by Crippen LogP contribution is -2.27. The number of likely N-dealkylation sites (N-methyl/N-ethyl adjacent to an activating group) is 1. The summed E-state index contributed by atoms with van der Waals surface area (Å²) in [5.74, 6) is 0.975. The Morgan fingerprint density at radius 1 is 1.00 bits per heavy atom. The van der Waals surface area contributed by atoms with Crippen LogP contribution in [0.5, 0.6) is 5.75 Å². The number of hydrogen-bond acceptors (Lipinski definition) is 2. The average molecular weight is 263 g/mol. The highest BCUT2D eigenvalue weighted by atomic mass is 16.5. The van der Waals surface area contributed by atoms with Crippen LogP contribution < -0.4 is 4.74 Å². The van der Waals surface area contributed by atoms with Crippen LogP contribution in [0.4, 0.5) is 0 Å². The lowest BCUT2D eigenvalue weighted by atomic mass is 9.82. The molecular weight excluding hydrogens is 234 g/mol. The van der Waals surface area contributed by atoms with Gasteiger partial charge in [0.25, 0.3) is 0 Å². The summed E-state index contributed by atoms with van der Waals surface area (Å²) in [7, 11) is 0. The molecule has 0 saturated carbocycles. The van der Waals surface area contributed by atoms with Crippen molar-refractivity contribution in [3.05, 3.63) is 29.8 Å². The van der Waals surface area contributed by atoms with Crippen molar-refractivity contribution in [2.24, 2.45) is 0 Å². The summed E-state index contributed by atoms with van der Waals surface area (Å²) in [5, 5.41) is 0. The molecule has 19 heavy (non-hydrogen) atoms. The van der Waals surface area contributed by atoms with Crippen molar-refractivity contribution in [3.63, 3.8) is 0 Å². The minimum Gasteiger partial charge on any atom is -0.492 e. The summed E-state index contributed by atoms with van der Waals surface area (Å²) in [4.78, 5) is 2.37. The highest BCUT2D eigenvalue weighted by Crippen LogP contribution is 2.27. The summed E-state index contributed by atoms with van der Waals surface area (Å²) in [5.41, 5.74) is 1.63. The van der Waals surface area contributed by atoms with Crippen molar-refractivity contribution >= 4 is 0 Å². The summed E-state index contributed by atoms with van der Waals surface area (Å²) in [6.07, 6.45) is 1.15. The maximum absolute atomic E-state index is 5.80. The van der Waals surface area contributed by atoms with Crippen molar-refractivity contribution in [2.75, 3.05) is 26.2 Å². The van der Waals surface area contributed by atoms with E-state index in [2.05, 4.69) is 63.8 Å². The second kappa shape index (κ2) is 7.54. The van der Waals surface area contributed by atoms with E-state index in [4.69, 9.17) is 4.74 Å². The Morgan fingerprint density at radius 2 is 1.58 bits per heavy atom. The molecule has 0 aliphatic heterocycles. The normalized spacial score (nSPS) is 11.9. The molecule has 2 nitrogen and oxygen atoms in total. The van der Waals surface area contributed by atoms with Crippen molar-refractivity contribution in [3.8, 4) is 5.75 Å². The van der Waals surface area contributed by atoms with Gasteiger partial charge < -0.3 is 9.64 Å². The Bertz CT molecular complexity index is 352.